The topological polar surface area (TPSA) is 62.1 Å². The minimum atomic E-state index is -0.440. The van der Waals surface area contributed by atoms with Gasteiger partial charge in [0.15, 0.2) is 0 Å². The molecular weight excluding hydrogens is 343 g/mol. The molecule has 0 heterocycles. The van der Waals surface area contributed by atoms with Crippen LogP contribution in [0.3, 0.4) is 0 Å². The summed E-state index contributed by atoms with van der Waals surface area (Å²) in [4.78, 5) is 12.8. The zero-order valence-corrected chi connectivity index (χ0v) is 14.6. The zero-order chi connectivity index (χ0) is 19.2. The van der Waals surface area contributed by atoms with Gasteiger partial charge in [-0.2, -0.15) is 5.26 Å². The largest absolute Gasteiger partial charge is 0.456 e. The zero-order valence-electron chi connectivity index (χ0n) is 14.6. The van der Waals surface area contributed by atoms with Gasteiger partial charge >= 0.3 is 0 Å². The van der Waals surface area contributed by atoms with Crippen molar-refractivity contribution in [2.75, 3.05) is 0 Å². The predicted molar refractivity (Wildman–Crippen MR) is 100.0 cm³/mol. The molecule has 0 aromatic heterocycles. The van der Waals surface area contributed by atoms with Crippen LogP contribution in [-0.2, 0) is 0 Å². The van der Waals surface area contributed by atoms with E-state index >= 15 is 0 Å². The lowest BCUT2D eigenvalue weighted by Gasteiger charge is -2.16. The molecule has 27 heavy (non-hydrogen) atoms. The first kappa shape index (κ1) is 18.2. The number of amides is 1. The molecule has 3 aromatic rings. The molecule has 5 heteroatoms. The van der Waals surface area contributed by atoms with Crippen LogP contribution in [0.4, 0.5) is 4.39 Å². The van der Waals surface area contributed by atoms with Gasteiger partial charge in [-0.05, 0) is 42.8 Å². The number of hydrogen-bond donors (Lipinski definition) is 1. The van der Waals surface area contributed by atoms with Crippen LogP contribution in [0.2, 0.25) is 0 Å². The molecule has 3 rings (SSSR count). The van der Waals surface area contributed by atoms with Gasteiger partial charge in [-0.3, -0.25) is 4.79 Å². The fourth-order valence-corrected chi connectivity index (χ4v) is 2.62. The van der Waals surface area contributed by atoms with E-state index in [-0.39, 0.29) is 29.0 Å². The molecule has 0 bridgehead atoms. The summed E-state index contributed by atoms with van der Waals surface area (Å²) in [7, 11) is 0. The molecule has 0 spiro atoms. The molecular formula is C22H17FN2O2. The second-order valence-corrected chi connectivity index (χ2v) is 5.99. The van der Waals surface area contributed by atoms with Gasteiger partial charge in [0, 0.05) is 6.07 Å². The van der Waals surface area contributed by atoms with Gasteiger partial charge in [0.25, 0.3) is 5.91 Å². The predicted octanol–water partition coefficient (Wildman–Crippen LogP) is 4.98. The summed E-state index contributed by atoms with van der Waals surface area (Å²) in [6.45, 7) is 1.87. The average Bonchev–Trinajstić information content (AvgIpc) is 2.69. The van der Waals surface area contributed by atoms with Crippen LogP contribution in [0.25, 0.3) is 0 Å². The molecule has 0 fully saturated rings. The van der Waals surface area contributed by atoms with E-state index in [1.807, 2.05) is 43.3 Å². The van der Waals surface area contributed by atoms with Crippen LogP contribution < -0.4 is 10.1 Å². The van der Waals surface area contributed by atoms with Crippen molar-refractivity contribution < 1.29 is 13.9 Å². The standard InChI is InChI=1S/C22H17FN2O2/c1-15(17-6-3-2-4-7-17)25-22(26)20-12-16(14-24)10-11-21(20)27-19-9-5-8-18(23)13-19/h2-13,15H,1H3,(H,25,26)/t15-/m0/s1. The van der Waals surface area contributed by atoms with Crippen molar-refractivity contribution in [2.24, 2.45) is 0 Å². The number of halogens is 1. The number of benzene rings is 3. The Bertz CT molecular complexity index is 997. The van der Waals surface area contributed by atoms with E-state index in [0.29, 0.717) is 5.56 Å². The van der Waals surface area contributed by atoms with Gasteiger partial charge in [-0.15, -0.1) is 0 Å². The molecule has 0 saturated heterocycles. The molecule has 1 amide bonds. The van der Waals surface area contributed by atoms with Gasteiger partial charge in [-0.1, -0.05) is 36.4 Å². The molecule has 0 aliphatic heterocycles. The normalized spacial score (nSPS) is 11.3. The highest BCUT2D eigenvalue weighted by molar-refractivity contribution is 5.97. The van der Waals surface area contributed by atoms with Gasteiger partial charge in [0.2, 0.25) is 0 Å². The lowest BCUT2D eigenvalue weighted by atomic mass is 10.1. The fraction of sp³-hybridized carbons (Fsp3) is 0.0909. The number of nitriles is 1. The molecule has 134 valence electrons. The summed E-state index contributed by atoms with van der Waals surface area (Å²) >= 11 is 0. The van der Waals surface area contributed by atoms with Crippen LogP contribution in [0.15, 0.2) is 72.8 Å². The van der Waals surface area contributed by atoms with Crippen molar-refractivity contribution in [3.05, 3.63) is 95.3 Å². The van der Waals surface area contributed by atoms with E-state index in [1.165, 1.54) is 30.3 Å². The lowest BCUT2D eigenvalue weighted by molar-refractivity contribution is 0.0937. The lowest BCUT2D eigenvalue weighted by Crippen LogP contribution is -2.27. The van der Waals surface area contributed by atoms with E-state index in [0.717, 1.165) is 5.56 Å². The van der Waals surface area contributed by atoms with Crippen LogP contribution in [-0.4, -0.2) is 5.91 Å². The number of rotatable bonds is 5. The first-order valence-corrected chi connectivity index (χ1v) is 8.40. The van der Waals surface area contributed by atoms with Crippen molar-refractivity contribution in [3.8, 4) is 17.6 Å². The SMILES string of the molecule is C[C@H](NC(=O)c1cc(C#N)ccc1Oc1cccc(F)c1)c1ccccc1. The van der Waals surface area contributed by atoms with E-state index in [2.05, 4.69) is 5.32 Å². The molecule has 1 N–H and O–H groups in total. The number of nitrogens with one attached hydrogen (secondary N) is 1. The number of ether oxygens (including phenoxy) is 1. The maximum atomic E-state index is 13.4. The number of carbonyl (C=O) groups excluding carboxylic acids is 1. The Kier molecular flexibility index (Phi) is 5.48. The minimum absolute atomic E-state index is 0.209. The first-order chi connectivity index (χ1) is 13.1. The van der Waals surface area contributed by atoms with Crippen LogP contribution >= 0.6 is 0 Å². The first-order valence-electron chi connectivity index (χ1n) is 8.40. The van der Waals surface area contributed by atoms with Crippen LogP contribution in [0.1, 0.15) is 34.5 Å². The van der Waals surface area contributed by atoms with Gasteiger partial charge in [-0.25, -0.2) is 4.39 Å². The summed E-state index contributed by atoms with van der Waals surface area (Å²) in [5.41, 5.74) is 1.50. The van der Waals surface area contributed by atoms with Gasteiger partial charge in [0.05, 0.1) is 23.2 Å². The highest BCUT2D eigenvalue weighted by Gasteiger charge is 2.17. The maximum absolute atomic E-state index is 13.4. The van der Waals surface area contributed by atoms with Crippen molar-refractivity contribution in [1.82, 2.24) is 5.32 Å². The number of hydrogen-bond acceptors (Lipinski definition) is 3. The van der Waals surface area contributed by atoms with Gasteiger partial charge < -0.3 is 10.1 Å². The van der Waals surface area contributed by atoms with Crippen LogP contribution in [0, 0.1) is 17.1 Å². The van der Waals surface area contributed by atoms with Crippen molar-refractivity contribution in [2.45, 2.75) is 13.0 Å². The summed E-state index contributed by atoms with van der Waals surface area (Å²) in [5, 5.41) is 12.0. The van der Waals surface area contributed by atoms with E-state index < -0.39 is 5.82 Å². The van der Waals surface area contributed by atoms with E-state index in [9.17, 15) is 9.18 Å². The number of nitrogens with zero attached hydrogens (tertiary/aromatic N) is 1. The molecule has 0 aliphatic rings. The third-order valence-electron chi connectivity index (χ3n) is 4.02. The van der Waals surface area contributed by atoms with E-state index in [4.69, 9.17) is 10.00 Å². The maximum Gasteiger partial charge on any atom is 0.255 e. The molecule has 1 atom stereocenters. The summed E-state index contributed by atoms with van der Waals surface area (Å²) in [5.74, 6) is -0.304. The summed E-state index contributed by atoms with van der Waals surface area (Å²) in [6, 6.07) is 21.5. The molecule has 0 saturated carbocycles. The third kappa shape index (κ3) is 4.50. The molecule has 0 aliphatic carbocycles. The second kappa shape index (κ2) is 8.15. The molecule has 3 aromatic carbocycles. The monoisotopic (exact) mass is 360 g/mol. The highest BCUT2D eigenvalue weighted by atomic mass is 19.1. The highest BCUT2D eigenvalue weighted by Crippen LogP contribution is 2.27. The fourth-order valence-electron chi connectivity index (χ4n) is 2.62. The molecule has 0 radical (unpaired) electrons. The molecule has 0 unspecified atom stereocenters. The summed E-state index contributed by atoms with van der Waals surface area (Å²) < 4.78 is 19.1. The second-order valence-electron chi connectivity index (χ2n) is 5.99. The van der Waals surface area contributed by atoms with Crippen molar-refractivity contribution >= 4 is 5.91 Å². The minimum Gasteiger partial charge on any atom is -0.456 e. The van der Waals surface area contributed by atoms with E-state index in [1.54, 1.807) is 12.1 Å². The van der Waals surface area contributed by atoms with Gasteiger partial charge in [0.1, 0.15) is 17.3 Å². The Morgan fingerprint density at radius 1 is 1.07 bits per heavy atom. The van der Waals surface area contributed by atoms with Crippen LogP contribution in [0.5, 0.6) is 11.5 Å². The third-order valence-corrected chi connectivity index (χ3v) is 4.02. The van der Waals surface area contributed by atoms with Crippen molar-refractivity contribution in [1.29, 1.82) is 5.26 Å². The smallest absolute Gasteiger partial charge is 0.255 e. The Morgan fingerprint density at radius 2 is 1.85 bits per heavy atom. The Morgan fingerprint density at radius 3 is 2.56 bits per heavy atom. The molecule has 4 nitrogen and oxygen atoms in total. The Labute approximate surface area is 156 Å². The Hall–Kier alpha value is -3.65. The average molecular weight is 360 g/mol. The quantitative estimate of drug-likeness (QED) is 0.698. The summed E-state index contributed by atoms with van der Waals surface area (Å²) in [6.07, 6.45) is 0. The number of carbonyl (C=O) groups is 1. The Balaban J connectivity index is 1.88. The van der Waals surface area contributed by atoms with Crippen molar-refractivity contribution in [3.63, 3.8) is 0 Å².